The molecule has 0 aromatic heterocycles. The molecule has 5 nitrogen and oxygen atoms in total. The first kappa shape index (κ1) is 19.4. The summed E-state index contributed by atoms with van der Waals surface area (Å²) >= 11 is 0. The van der Waals surface area contributed by atoms with Gasteiger partial charge in [0.1, 0.15) is 11.5 Å². The van der Waals surface area contributed by atoms with Crippen LogP contribution in [0.15, 0.2) is 48.5 Å². The van der Waals surface area contributed by atoms with Crippen LogP contribution in [0.2, 0.25) is 0 Å². The minimum absolute atomic E-state index is 0.103. The summed E-state index contributed by atoms with van der Waals surface area (Å²) in [6.07, 6.45) is 0. The fourth-order valence-electron chi connectivity index (χ4n) is 2.97. The second-order valence-electron chi connectivity index (χ2n) is 7.04. The van der Waals surface area contributed by atoms with Crippen LogP contribution in [0.5, 0.6) is 11.5 Å². The third kappa shape index (κ3) is 5.55. The molecule has 0 saturated carbocycles. The van der Waals surface area contributed by atoms with E-state index in [1.807, 2.05) is 30.3 Å². The maximum absolute atomic E-state index is 12.4. The molecule has 3 rings (SSSR count). The standard InChI is InChI=1S/C22H27NO4/c1-16(2)20-5-3-4-6-21(20)27-19-9-7-18(8-10-19)22(24)23-13-17-14-25-11-12-26-15-17/h3-10,16-17H,11-15H2,1-2H3,(H,23,24). The zero-order valence-corrected chi connectivity index (χ0v) is 15.9. The monoisotopic (exact) mass is 369 g/mol. The zero-order valence-electron chi connectivity index (χ0n) is 15.9. The number of amides is 1. The molecular formula is C22H27NO4. The number of carbonyl (C=O) groups is 1. The maximum atomic E-state index is 12.4. The first-order valence-electron chi connectivity index (χ1n) is 9.44. The number of rotatable bonds is 6. The van der Waals surface area contributed by atoms with Crippen LogP contribution in [0, 0.1) is 5.92 Å². The number of carbonyl (C=O) groups excluding carboxylic acids is 1. The third-order valence-electron chi connectivity index (χ3n) is 4.52. The van der Waals surface area contributed by atoms with Crippen molar-refractivity contribution >= 4 is 5.91 Å². The Labute approximate surface area is 160 Å². The second kappa shape index (κ2) is 9.53. The largest absolute Gasteiger partial charge is 0.457 e. The van der Waals surface area contributed by atoms with Gasteiger partial charge in [-0.15, -0.1) is 0 Å². The van der Waals surface area contributed by atoms with Crippen molar-refractivity contribution in [2.45, 2.75) is 19.8 Å². The normalized spacial score (nSPS) is 15.4. The lowest BCUT2D eigenvalue weighted by molar-refractivity contribution is 0.0917. The molecule has 144 valence electrons. The van der Waals surface area contributed by atoms with Gasteiger partial charge in [0, 0.05) is 18.0 Å². The first-order valence-corrected chi connectivity index (χ1v) is 9.44. The molecule has 1 aliphatic rings. The second-order valence-corrected chi connectivity index (χ2v) is 7.04. The smallest absolute Gasteiger partial charge is 0.251 e. The van der Waals surface area contributed by atoms with Crippen molar-refractivity contribution in [2.24, 2.45) is 5.92 Å². The first-order chi connectivity index (χ1) is 13.1. The summed E-state index contributed by atoms with van der Waals surface area (Å²) in [5.74, 6) is 2.02. The number of hydrogen-bond acceptors (Lipinski definition) is 4. The topological polar surface area (TPSA) is 56.8 Å². The molecule has 0 atom stereocenters. The lowest BCUT2D eigenvalue weighted by atomic mass is 10.0. The van der Waals surface area contributed by atoms with Gasteiger partial charge in [-0.1, -0.05) is 32.0 Å². The Hall–Kier alpha value is -2.37. The minimum atomic E-state index is -0.103. The number of para-hydroxylation sites is 1. The van der Waals surface area contributed by atoms with E-state index in [0.29, 0.717) is 50.2 Å². The highest BCUT2D eigenvalue weighted by molar-refractivity contribution is 5.94. The van der Waals surface area contributed by atoms with Crippen LogP contribution in [0.4, 0.5) is 0 Å². The molecule has 0 unspecified atom stereocenters. The maximum Gasteiger partial charge on any atom is 0.251 e. The molecule has 1 amide bonds. The average molecular weight is 369 g/mol. The fourth-order valence-corrected chi connectivity index (χ4v) is 2.97. The van der Waals surface area contributed by atoms with Crippen LogP contribution < -0.4 is 10.1 Å². The lowest BCUT2D eigenvalue weighted by Crippen LogP contribution is -2.32. The summed E-state index contributed by atoms with van der Waals surface area (Å²) in [6, 6.07) is 15.2. The molecule has 0 radical (unpaired) electrons. The molecular weight excluding hydrogens is 342 g/mol. The van der Waals surface area contributed by atoms with E-state index in [0.717, 1.165) is 11.3 Å². The van der Waals surface area contributed by atoms with Crippen LogP contribution in [-0.4, -0.2) is 38.9 Å². The molecule has 1 fully saturated rings. The Balaban J connectivity index is 1.57. The number of nitrogens with one attached hydrogen (secondary N) is 1. The minimum Gasteiger partial charge on any atom is -0.457 e. The van der Waals surface area contributed by atoms with Crippen LogP contribution in [0.3, 0.4) is 0 Å². The highest BCUT2D eigenvalue weighted by Crippen LogP contribution is 2.30. The Morgan fingerprint density at radius 2 is 1.74 bits per heavy atom. The van der Waals surface area contributed by atoms with Gasteiger partial charge in [-0.2, -0.15) is 0 Å². The summed E-state index contributed by atoms with van der Waals surface area (Å²) in [4.78, 5) is 12.4. The molecule has 1 aliphatic heterocycles. The van der Waals surface area contributed by atoms with Crippen molar-refractivity contribution in [3.8, 4) is 11.5 Å². The van der Waals surface area contributed by atoms with Crippen molar-refractivity contribution in [1.82, 2.24) is 5.32 Å². The molecule has 2 aromatic carbocycles. The quantitative estimate of drug-likeness (QED) is 0.836. The molecule has 1 saturated heterocycles. The van der Waals surface area contributed by atoms with Gasteiger partial charge >= 0.3 is 0 Å². The molecule has 0 aliphatic carbocycles. The summed E-state index contributed by atoms with van der Waals surface area (Å²) in [5, 5.41) is 2.95. The number of ether oxygens (including phenoxy) is 3. The lowest BCUT2D eigenvalue weighted by Gasteiger charge is -2.15. The van der Waals surface area contributed by atoms with E-state index in [4.69, 9.17) is 14.2 Å². The van der Waals surface area contributed by atoms with E-state index < -0.39 is 0 Å². The van der Waals surface area contributed by atoms with Gasteiger partial charge in [-0.05, 0) is 41.8 Å². The van der Waals surface area contributed by atoms with Crippen LogP contribution in [0.25, 0.3) is 0 Å². The van der Waals surface area contributed by atoms with Gasteiger partial charge in [-0.3, -0.25) is 4.79 Å². The van der Waals surface area contributed by atoms with Crippen molar-refractivity contribution < 1.29 is 19.0 Å². The Bertz CT molecular complexity index is 734. The van der Waals surface area contributed by atoms with Crippen LogP contribution >= 0.6 is 0 Å². The highest BCUT2D eigenvalue weighted by atomic mass is 16.5. The van der Waals surface area contributed by atoms with E-state index in [-0.39, 0.29) is 11.8 Å². The number of hydrogen-bond donors (Lipinski definition) is 1. The average Bonchev–Trinajstić information content (AvgIpc) is 2.96. The molecule has 5 heteroatoms. The summed E-state index contributed by atoms with van der Waals surface area (Å²) in [5.41, 5.74) is 1.77. The van der Waals surface area contributed by atoms with Gasteiger partial charge in [0.2, 0.25) is 0 Å². The van der Waals surface area contributed by atoms with E-state index in [1.54, 1.807) is 12.1 Å². The van der Waals surface area contributed by atoms with E-state index in [1.165, 1.54) is 0 Å². The third-order valence-corrected chi connectivity index (χ3v) is 4.52. The molecule has 2 aromatic rings. The van der Waals surface area contributed by atoms with Crippen molar-refractivity contribution in [3.63, 3.8) is 0 Å². The molecule has 0 bridgehead atoms. The fraction of sp³-hybridized carbons (Fsp3) is 0.409. The Kier molecular flexibility index (Phi) is 6.85. The molecule has 1 N–H and O–H groups in total. The Morgan fingerprint density at radius 3 is 2.41 bits per heavy atom. The number of benzene rings is 2. The highest BCUT2D eigenvalue weighted by Gasteiger charge is 2.15. The van der Waals surface area contributed by atoms with Gasteiger partial charge in [0.05, 0.1) is 26.4 Å². The van der Waals surface area contributed by atoms with E-state index >= 15 is 0 Å². The summed E-state index contributed by atoms with van der Waals surface area (Å²) < 4.78 is 16.9. The van der Waals surface area contributed by atoms with Gasteiger partial charge in [0.25, 0.3) is 5.91 Å². The van der Waals surface area contributed by atoms with Gasteiger partial charge < -0.3 is 19.5 Å². The predicted octanol–water partition coefficient (Wildman–Crippen LogP) is 4.00. The van der Waals surface area contributed by atoms with Crippen molar-refractivity contribution in [3.05, 3.63) is 59.7 Å². The predicted molar refractivity (Wildman–Crippen MR) is 105 cm³/mol. The zero-order chi connectivity index (χ0) is 19.1. The van der Waals surface area contributed by atoms with E-state index in [2.05, 4.69) is 25.2 Å². The summed E-state index contributed by atoms with van der Waals surface area (Å²) in [6.45, 7) is 7.28. The van der Waals surface area contributed by atoms with Crippen LogP contribution in [0.1, 0.15) is 35.7 Å². The molecule has 1 heterocycles. The van der Waals surface area contributed by atoms with E-state index in [9.17, 15) is 4.79 Å². The van der Waals surface area contributed by atoms with Crippen molar-refractivity contribution in [1.29, 1.82) is 0 Å². The SMILES string of the molecule is CC(C)c1ccccc1Oc1ccc(C(=O)NCC2COCCOC2)cc1. The molecule has 0 spiro atoms. The molecule has 27 heavy (non-hydrogen) atoms. The summed E-state index contributed by atoms with van der Waals surface area (Å²) in [7, 11) is 0. The van der Waals surface area contributed by atoms with Crippen LogP contribution in [-0.2, 0) is 9.47 Å². The van der Waals surface area contributed by atoms with Gasteiger partial charge in [0.15, 0.2) is 0 Å². The van der Waals surface area contributed by atoms with Crippen molar-refractivity contribution in [2.75, 3.05) is 33.0 Å². The van der Waals surface area contributed by atoms with Gasteiger partial charge in [-0.25, -0.2) is 0 Å². The Morgan fingerprint density at radius 1 is 1.07 bits per heavy atom.